The van der Waals surface area contributed by atoms with Crippen LogP contribution in [-0.4, -0.2) is 42.6 Å². The molecule has 1 aromatic heterocycles. The number of pyridine rings is 1. The molecule has 1 fully saturated rings. The van der Waals surface area contributed by atoms with E-state index in [-0.39, 0.29) is 6.04 Å². The smallest absolute Gasteiger partial charge is 0.0569 e. The maximum absolute atomic E-state index is 5.80. The van der Waals surface area contributed by atoms with E-state index in [1.165, 1.54) is 5.69 Å². The molecule has 94 valence electrons. The van der Waals surface area contributed by atoms with Gasteiger partial charge in [0.15, 0.2) is 0 Å². The van der Waals surface area contributed by atoms with Crippen molar-refractivity contribution in [3.63, 3.8) is 0 Å². The first-order chi connectivity index (χ1) is 8.08. The Labute approximate surface area is 103 Å². The van der Waals surface area contributed by atoms with Crippen LogP contribution in [0.25, 0.3) is 0 Å². The second kappa shape index (κ2) is 5.02. The van der Waals surface area contributed by atoms with Gasteiger partial charge in [0.2, 0.25) is 0 Å². The molecule has 17 heavy (non-hydrogen) atoms. The molecule has 2 atom stereocenters. The van der Waals surface area contributed by atoms with Gasteiger partial charge in [0.05, 0.1) is 17.6 Å². The molecule has 2 rings (SSSR count). The fraction of sp³-hybridized carbons (Fsp3) is 0.615. The normalized spacial score (nSPS) is 23.8. The highest BCUT2D eigenvalue weighted by Crippen LogP contribution is 2.18. The topological polar surface area (TPSA) is 45.4 Å². The summed E-state index contributed by atoms with van der Waals surface area (Å²) in [6.45, 7) is 7.46. The number of aromatic nitrogens is 1. The molecule has 1 aliphatic rings. The molecule has 2 N–H and O–H groups in total. The minimum Gasteiger partial charge on any atom is -0.367 e. The maximum Gasteiger partial charge on any atom is 0.0569 e. The SMILES string of the molecule is CC1CN(c2ccc([C@H](C)N)nc2)CCN1C. The average Bonchev–Trinajstić information content (AvgIpc) is 2.33. The van der Waals surface area contributed by atoms with Gasteiger partial charge in [0.25, 0.3) is 0 Å². The van der Waals surface area contributed by atoms with Gasteiger partial charge in [-0.1, -0.05) is 0 Å². The summed E-state index contributed by atoms with van der Waals surface area (Å²) in [7, 11) is 2.18. The third-order valence-corrected chi connectivity index (χ3v) is 3.56. The number of hydrogen-bond acceptors (Lipinski definition) is 4. The van der Waals surface area contributed by atoms with E-state index in [2.05, 4.69) is 34.8 Å². The Balaban J connectivity index is 2.07. The minimum absolute atomic E-state index is 0.00969. The second-order valence-electron chi connectivity index (χ2n) is 5.01. The average molecular weight is 234 g/mol. The monoisotopic (exact) mass is 234 g/mol. The summed E-state index contributed by atoms with van der Waals surface area (Å²) in [6.07, 6.45) is 1.94. The number of anilines is 1. The van der Waals surface area contributed by atoms with Gasteiger partial charge in [-0.05, 0) is 33.0 Å². The van der Waals surface area contributed by atoms with E-state index in [4.69, 9.17) is 5.73 Å². The van der Waals surface area contributed by atoms with Crippen molar-refractivity contribution in [2.75, 3.05) is 31.6 Å². The van der Waals surface area contributed by atoms with E-state index in [0.29, 0.717) is 6.04 Å². The lowest BCUT2D eigenvalue weighted by Crippen LogP contribution is -2.50. The summed E-state index contributed by atoms with van der Waals surface area (Å²) in [5.74, 6) is 0. The molecule has 0 bridgehead atoms. The van der Waals surface area contributed by atoms with Crippen LogP contribution < -0.4 is 10.6 Å². The molecule has 0 aromatic carbocycles. The van der Waals surface area contributed by atoms with Gasteiger partial charge in [0, 0.05) is 31.7 Å². The number of rotatable bonds is 2. The highest BCUT2D eigenvalue weighted by molar-refractivity contribution is 5.45. The molecule has 4 heteroatoms. The molecule has 1 aromatic rings. The Morgan fingerprint density at radius 3 is 2.71 bits per heavy atom. The summed E-state index contributed by atoms with van der Waals surface area (Å²) in [4.78, 5) is 9.20. The van der Waals surface area contributed by atoms with Crippen molar-refractivity contribution in [2.45, 2.75) is 25.9 Å². The fourth-order valence-corrected chi connectivity index (χ4v) is 2.14. The third-order valence-electron chi connectivity index (χ3n) is 3.56. The van der Waals surface area contributed by atoms with E-state index >= 15 is 0 Å². The van der Waals surface area contributed by atoms with Crippen LogP contribution >= 0.6 is 0 Å². The van der Waals surface area contributed by atoms with E-state index in [1.807, 2.05) is 19.2 Å². The third kappa shape index (κ3) is 2.76. The van der Waals surface area contributed by atoms with Crippen LogP contribution in [0.1, 0.15) is 25.6 Å². The van der Waals surface area contributed by atoms with Crippen molar-refractivity contribution in [3.8, 4) is 0 Å². The number of hydrogen-bond donors (Lipinski definition) is 1. The molecule has 4 nitrogen and oxygen atoms in total. The predicted molar refractivity (Wildman–Crippen MR) is 71.1 cm³/mol. The van der Waals surface area contributed by atoms with Gasteiger partial charge in [-0.15, -0.1) is 0 Å². The lowest BCUT2D eigenvalue weighted by molar-refractivity contribution is 0.234. The Kier molecular flexibility index (Phi) is 3.64. The minimum atomic E-state index is 0.00969. The molecule has 1 unspecified atom stereocenters. The van der Waals surface area contributed by atoms with Crippen molar-refractivity contribution in [1.29, 1.82) is 0 Å². The Hall–Kier alpha value is -1.13. The van der Waals surface area contributed by atoms with Crippen molar-refractivity contribution < 1.29 is 0 Å². The van der Waals surface area contributed by atoms with Gasteiger partial charge in [0.1, 0.15) is 0 Å². The van der Waals surface area contributed by atoms with Crippen LogP contribution in [-0.2, 0) is 0 Å². The van der Waals surface area contributed by atoms with E-state index in [9.17, 15) is 0 Å². The molecule has 0 amide bonds. The number of nitrogens with two attached hydrogens (primary N) is 1. The molecule has 2 heterocycles. The lowest BCUT2D eigenvalue weighted by atomic mass is 10.1. The van der Waals surface area contributed by atoms with Gasteiger partial charge in [-0.2, -0.15) is 0 Å². The second-order valence-corrected chi connectivity index (χ2v) is 5.01. The highest BCUT2D eigenvalue weighted by atomic mass is 15.3. The first-order valence-corrected chi connectivity index (χ1v) is 6.24. The zero-order chi connectivity index (χ0) is 12.4. The summed E-state index contributed by atoms with van der Waals surface area (Å²) in [6, 6.07) is 4.76. The highest BCUT2D eigenvalue weighted by Gasteiger charge is 2.20. The number of nitrogens with zero attached hydrogens (tertiary/aromatic N) is 3. The van der Waals surface area contributed by atoms with Crippen LogP contribution in [0.3, 0.4) is 0 Å². The first-order valence-electron chi connectivity index (χ1n) is 6.24. The Bertz CT molecular complexity index is 360. The molecule has 1 aliphatic heterocycles. The van der Waals surface area contributed by atoms with Gasteiger partial charge >= 0.3 is 0 Å². The van der Waals surface area contributed by atoms with Crippen LogP contribution in [0.4, 0.5) is 5.69 Å². The molecule has 0 radical (unpaired) electrons. The number of likely N-dealkylation sites (N-methyl/N-ethyl adjacent to an activating group) is 1. The fourth-order valence-electron chi connectivity index (χ4n) is 2.14. The maximum atomic E-state index is 5.80. The number of piperazine rings is 1. The molecule has 0 aliphatic carbocycles. The Morgan fingerprint density at radius 2 is 2.18 bits per heavy atom. The quantitative estimate of drug-likeness (QED) is 0.836. The summed E-state index contributed by atoms with van der Waals surface area (Å²) >= 11 is 0. The van der Waals surface area contributed by atoms with Gasteiger partial charge in [-0.25, -0.2) is 0 Å². The van der Waals surface area contributed by atoms with Crippen LogP contribution in [0.15, 0.2) is 18.3 Å². The van der Waals surface area contributed by atoms with Crippen molar-refractivity contribution in [1.82, 2.24) is 9.88 Å². The zero-order valence-electron chi connectivity index (χ0n) is 10.9. The molecular formula is C13H22N4. The zero-order valence-corrected chi connectivity index (χ0v) is 10.9. The summed E-state index contributed by atoms with van der Waals surface area (Å²) in [5.41, 5.74) is 7.96. The van der Waals surface area contributed by atoms with Crippen LogP contribution in [0.2, 0.25) is 0 Å². The predicted octanol–water partition coefficient (Wildman–Crippen LogP) is 1.24. The van der Waals surface area contributed by atoms with Crippen molar-refractivity contribution >= 4 is 5.69 Å². The van der Waals surface area contributed by atoms with Crippen molar-refractivity contribution in [3.05, 3.63) is 24.0 Å². The molecule has 0 saturated carbocycles. The molecule has 1 saturated heterocycles. The summed E-state index contributed by atoms with van der Waals surface area (Å²) < 4.78 is 0. The Morgan fingerprint density at radius 1 is 1.41 bits per heavy atom. The largest absolute Gasteiger partial charge is 0.367 e. The van der Waals surface area contributed by atoms with Crippen LogP contribution in [0.5, 0.6) is 0 Å². The van der Waals surface area contributed by atoms with Gasteiger partial charge in [-0.3, -0.25) is 4.98 Å². The lowest BCUT2D eigenvalue weighted by Gasteiger charge is -2.38. The standard InChI is InChI=1S/C13H22N4/c1-10-9-17(7-6-16(10)3)12-4-5-13(11(2)14)15-8-12/h4-5,8,10-11H,6-7,9,14H2,1-3H3/t10?,11-/m0/s1. The van der Waals surface area contributed by atoms with Crippen molar-refractivity contribution in [2.24, 2.45) is 5.73 Å². The first kappa shape index (κ1) is 12.3. The summed E-state index contributed by atoms with van der Waals surface area (Å²) in [5, 5.41) is 0. The molecule has 0 spiro atoms. The molecular weight excluding hydrogens is 212 g/mol. The van der Waals surface area contributed by atoms with Crippen LogP contribution in [0, 0.1) is 0 Å². The van der Waals surface area contributed by atoms with E-state index < -0.39 is 0 Å². The van der Waals surface area contributed by atoms with Gasteiger partial charge < -0.3 is 15.5 Å². The van der Waals surface area contributed by atoms with E-state index in [0.717, 1.165) is 25.3 Å². The van der Waals surface area contributed by atoms with E-state index in [1.54, 1.807) is 0 Å².